The second-order valence-corrected chi connectivity index (χ2v) is 3.98. The molecule has 4 nitrogen and oxygen atoms in total. The van der Waals surface area contributed by atoms with Gasteiger partial charge < -0.3 is 14.8 Å². The molecule has 16 heavy (non-hydrogen) atoms. The van der Waals surface area contributed by atoms with Crippen molar-refractivity contribution in [3.8, 4) is 17.0 Å². The van der Waals surface area contributed by atoms with E-state index in [2.05, 4.69) is 10.3 Å². The van der Waals surface area contributed by atoms with Crippen molar-refractivity contribution in [2.45, 2.75) is 5.92 Å². The monoisotopic (exact) mass is 216 g/mol. The molecule has 2 N–H and O–H groups in total. The minimum Gasteiger partial charge on any atom is -0.508 e. The molecule has 0 aliphatic carbocycles. The molecule has 0 atom stereocenters. The Morgan fingerprint density at radius 1 is 1.38 bits per heavy atom. The van der Waals surface area contributed by atoms with Crippen LogP contribution in [0, 0.1) is 0 Å². The molecule has 1 fully saturated rings. The van der Waals surface area contributed by atoms with E-state index in [0.717, 1.165) is 30.2 Å². The fraction of sp³-hybridized carbons (Fsp3) is 0.250. The van der Waals surface area contributed by atoms with Gasteiger partial charge in [-0.25, -0.2) is 4.98 Å². The van der Waals surface area contributed by atoms with Crippen LogP contribution in [0.15, 0.2) is 34.9 Å². The summed E-state index contributed by atoms with van der Waals surface area (Å²) in [4.78, 5) is 4.43. The van der Waals surface area contributed by atoms with Gasteiger partial charge in [0.15, 0.2) is 5.89 Å². The van der Waals surface area contributed by atoms with Crippen LogP contribution in [0.5, 0.6) is 5.75 Å². The van der Waals surface area contributed by atoms with Gasteiger partial charge in [-0.15, -0.1) is 0 Å². The van der Waals surface area contributed by atoms with Crippen LogP contribution < -0.4 is 5.32 Å². The van der Waals surface area contributed by atoms with Crippen LogP contribution in [0.25, 0.3) is 11.3 Å². The van der Waals surface area contributed by atoms with E-state index in [0.29, 0.717) is 5.92 Å². The molecule has 0 saturated carbocycles. The second-order valence-electron chi connectivity index (χ2n) is 3.98. The first kappa shape index (κ1) is 9.42. The van der Waals surface area contributed by atoms with Gasteiger partial charge in [0, 0.05) is 18.7 Å². The van der Waals surface area contributed by atoms with Crippen molar-refractivity contribution in [3.63, 3.8) is 0 Å². The van der Waals surface area contributed by atoms with Gasteiger partial charge in [-0.1, -0.05) is 12.1 Å². The number of nitrogens with one attached hydrogen (secondary N) is 1. The molecule has 1 aliphatic heterocycles. The molecule has 2 heterocycles. The molecule has 0 unspecified atom stereocenters. The zero-order valence-corrected chi connectivity index (χ0v) is 8.68. The summed E-state index contributed by atoms with van der Waals surface area (Å²) >= 11 is 0. The SMILES string of the molecule is Oc1cccc(-c2coc(C3CNC3)n2)c1. The summed E-state index contributed by atoms with van der Waals surface area (Å²) in [5.41, 5.74) is 1.65. The van der Waals surface area contributed by atoms with Crippen LogP contribution in [-0.2, 0) is 0 Å². The number of aromatic nitrogens is 1. The third-order valence-corrected chi connectivity index (χ3v) is 2.79. The average Bonchev–Trinajstić information content (AvgIpc) is 2.64. The molecule has 1 aromatic heterocycles. The molecule has 1 saturated heterocycles. The largest absolute Gasteiger partial charge is 0.508 e. The van der Waals surface area contributed by atoms with Gasteiger partial charge in [-0.2, -0.15) is 0 Å². The zero-order chi connectivity index (χ0) is 11.0. The fourth-order valence-corrected chi connectivity index (χ4v) is 1.74. The molecular weight excluding hydrogens is 204 g/mol. The Bertz CT molecular complexity index is 503. The topological polar surface area (TPSA) is 58.3 Å². The van der Waals surface area contributed by atoms with E-state index in [1.165, 1.54) is 0 Å². The maximum Gasteiger partial charge on any atom is 0.200 e. The summed E-state index contributed by atoms with van der Waals surface area (Å²) in [6, 6.07) is 7.02. The summed E-state index contributed by atoms with van der Waals surface area (Å²) in [5.74, 6) is 1.41. The molecule has 2 aromatic rings. The van der Waals surface area contributed by atoms with Gasteiger partial charge in [0.05, 0.1) is 5.92 Å². The van der Waals surface area contributed by atoms with E-state index in [1.807, 2.05) is 6.07 Å². The minimum atomic E-state index is 0.243. The van der Waals surface area contributed by atoms with E-state index in [9.17, 15) is 5.11 Å². The van der Waals surface area contributed by atoms with Gasteiger partial charge in [-0.05, 0) is 12.1 Å². The maximum atomic E-state index is 9.38. The van der Waals surface area contributed by atoms with Crippen LogP contribution in [0.3, 0.4) is 0 Å². The predicted molar refractivity (Wildman–Crippen MR) is 59.2 cm³/mol. The summed E-state index contributed by atoms with van der Waals surface area (Å²) in [6.45, 7) is 1.86. The number of hydrogen-bond donors (Lipinski definition) is 2. The predicted octanol–water partition coefficient (Wildman–Crippen LogP) is 1.73. The first-order valence-electron chi connectivity index (χ1n) is 5.28. The third-order valence-electron chi connectivity index (χ3n) is 2.79. The summed E-state index contributed by atoms with van der Waals surface area (Å²) in [5, 5.41) is 12.6. The van der Waals surface area contributed by atoms with Crippen LogP contribution in [0.1, 0.15) is 11.8 Å². The van der Waals surface area contributed by atoms with Gasteiger partial charge in [0.2, 0.25) is 0 Å². The number of aromatic hydroxyl groups is 1. The molecule has 0 bridgehead atoms. The van der Waals surface area contributed by atoms with Gasteiger partial charge >= 0.3 is 0 Å². The maximum absolute atomic E-state index is 9.38. The fourth-order valence-electron chi connectivity index (χ4n) is 1.74. The van der Waals surface area contributed by atoms with Crippen molar-refractivity contribution in [1.82, 2.24) is 10.3 Å². The zero-order valence-electron chi connectivity index (χ0n) is 8.68. The number of nitrogens with zero attached hydrogens (tertiary/aromatic N) is 1. The molecule has 0 amide bonds. The van der Waals surface area contributed by atoms with Crippen molar-refractivity contribution in [2.24, 2.45) is 0 Å². The lowest BCUT2D eigenvalue weighted by atomic mass is 10.0. The smallest absolute Gasteiger partial charge is 0.200 e. The highest BCUT2D eigenvalue weighted by atomic mass is 16.3. The summed E-state index contributed by atoms with van der Waals surface area (Å²) in [7, 11) is 0. The number of rotatable bonds is 2. The molecule has 0 radical (unpaired) electrons. The number of benzene rings is 1. The molecule has 1 aliphatic rings. The number of oxazole rings is 1. The van der Waals surface area contributed by atoms with Crippen molar-refractivity contribution in [3.05, 3.63) is 36.4 Å². The van der Waals surface area contributed by atoms with Crippen molar-refractivity contribution < 1.29 is 9.52 Å². The first-order valence-corrected chi connectivity index (χ1v) is 5.28. The Hall–Kier alpha value is -1.81. The Morgan fingerprint density at radius 2 is 2.25 bits per heavy atom. The second kappa shape index (κ2) is 3.64. The highest BCUT2D eigenvalue weighted by molar-refractivity contribution is 5.59. The minimum absolute atomic E-state index is 0.243. The molecule has 0 spiro atoms. The van der Waals surface area contributed by atoms with Crippen LogP contribution >= 0.6 is 0 Å². The highest BCUT2D eigenvalue weighted by Gasteiger charge is 2.24. The Balaban J connectivity index is 1.91. The van der Waals surface area contributed by atoms with Gasteiger partial charge in [-0.3, -0.25) is 0 Å². The van der Waals surface area contributed by atoms with Crippen LogP contribution in [-0.4, -0.2) is 23.2 Å². The van der Waals surface area contributed by atoms with E-state index in [4.69, 9.17) is 4.42 Å². The number of phenols is 1. The quantitative estimate of drug-likeness (QED) is 0.802. The standard InChI is InChI=1S/C12H12N2O2/c15-10-3-1-2-8(4-10)11-7-16-12(14-11)9-5-13-6-9/h1-4,7,9,13,15H,5-6H2. The Kier molecular flexibility index (Phi) is 2.15. The van der Waals surface area contributed by atoms with Gasteiger partial charge in [0.1, 0.15) is 17.7 Å². The first-order chi connectivity index (χ1) is 7.83. The molecule has 4 heteroatoms. The molecule has 3 rings (SSSR count). The van der Waals surface area contributed by atoms with Gasteiger partial charge in [0.25, 0.3) is 0 Å². The van der Waals surface area contributed by atoms with Crippen LogP contribution in [0.2, 0.25) is 0 Å². The lowest BCUT2D eigenvalue weighted by Crippen LogP contribution is -2.40. The van der Waals surface area contributed by atoms with Crippen molar-refractivity contribution in [2.75, 3.05) is 13.1 Å². The lowest BCUT2D eigenvalue weighted by Gasteiger charge is -2.23. The third kappa shape index (κ3) is 1.57. The number of phenolic OH excluding ortho intramolecular Hbond substituents is 1. The van der Waals surface area contributed by atoms with Crippen molar-refractivity contribution in [1.29, 1.82) is 0 Å². The number of hydrogen-bond acceptors (Lipinski definition) is 4. The van der Waals surface area contributed by atoms with E-state index in [1.54, 1.807) is 24.5 Å². The molecule has 82 valence electrons. The Labute approximate surface area is 92.9 Å². The Morgan fingerprint density at radius 3 is 2.94 bits per heavy atom. The van der Waals surface area contributed by atoms with E-state index in [-0.39, 0.29) is 5.75 Å². The van der Waals surface area contributed by atoms with Crippen molar-refractivity contribution >= 4 is 0 Å². The van der Waals surface area contributed by atoms with E-state index < -0.39 is 0 Å². The molecular formula is C12H12N2O2. The lowest BCUT2D eigenvalue weighted by molar-refractivity contribution is 0.357. The molecule has 1 aromatic carbocycles. The van der Waals surface area contributed by atoms with E-state index >= 15 is 0 Å². The normalized spacial score (nSPS) is 16.0. The summed E-state index contributed by atoms with van der Waals surface area (Å²) in [6.07, 6.45) is 1.64. The average molecular weight is 216 g/mol. The summed E-state index contributed by atoms with van der Waals surface area (Å²) < 4.78 is 5.43. The van der Waals surface area contributed by atoms with Crippen LogP contribution in [0.4, 0.5) is 0 Å². The highest BCUT2D eigenvalue weighted by Crippen LogP contribution is 2.26.